The second kappa shape index (κ2) is 4.99. The van der Waals surface area contributed by atoms with Crippen LogP contribution in [0, 0.1) is 3.57 Å². The van der Waals surface area contributed by atoms with Crippen molar-refractivity contribution in [2.75, 3.05) is 6.61 Å². The Hall–Kier alpha value is -0.530. The molecule has 0 saturated heterocycles. The summed E-state index contributed by atoms with van der Waals surface area (Å²) in [5.41, 5.74) is 7.48. The normalized spacial score (nSPS) is 20.6. The maximum absolute atomic E-state index is 9.98. The summed E-state index contributed by atoms with van der Waals surface area (Å²) in [6.07, 6.45) is 0.593. The number of benzene rings is 1. The zero-order chi connectivity index (χ0) is 12.6. The summed E-state index contributed by atoms with van der Waals surface area (Å²) in [6.45, 7) is 2.20. The highest BCUT2D eigenvalue weighted by molar-refractivity contribution is 14.1. The van der Waals surface area contributed by atoms with Crippen molar-refractivity contribution in [1.82, 2.24) is 0 Å². The molecule has 0 amide bonds. The first-order chi connectivity index (χ1) is 7.99. The van der Waals surface area contributed by atoms with Gasteiger partial charge in [0.05, 0.1) is 9.67 Å². The average Bonchev–Trinajstić information content (AvgIpc) is 2.23. The lowest BCUT2D eigenvalue weighted by Gasteiger charge is -2.26. The maximum Gasteiger partial charge on any atom is 0.136 e. The monoisotopic (exact) mass is 349 g/mol. The summed E-state index contributed by atoms with van der Waals surface area (Å²) in [5, 5.41) is 19.6. The molecule has 4 N–H and O–H groups in total. The number of aliphatic hydroxyl groups is 1. The van der Waals surface area contributed by atoms with Crippen LogP contribution < -0.4 is 10.5 Å². The van der Waals surface area contributed by atoms with Gasteiger partial charge >= 0.3 is 0 Å². The molecule has 1 aromatic carbocycles. The number of aliphatic hydroxyl groups excluding tert-OH is 1. The summed E-state index contributed by atoms with van der Waals surface area (Å²) < 4.78 is 6.41. The molecule has 94 valence electrons. The van der Waals surface area contributed by atoms with Gasteiger partial charge in [-0.2, -0.15) is 0 Å². The van der Waals surface area contributed by atoms with Crippen molar-refractivity contribution in [3.05, 3.63) is 20.8 Å². The largest absolute Gasteiger partial charge is 0.508 e. The van der Waals surface area contributed by atoms with Crippen LogP contribution in [0.2, 0.25) is 0 Å². The van der Waals surface area contributed by atoms with E-state index in [4.69, 9.17) is 10.5 Å². The number of fused-ring (bicyclic) bond motifs is 1. The molecule has 1 aromatic rings. The molecular formula is C12H16INO3. The van der Waals surface area contributed by atoms with E-state index < -0.39 is 6.10 Å². The Balaban J connectivity index is 2.50. The van der Waals surface area contributed by atoms with Crippen LogP contribution in [0.4, 0.5) is 0 Å². The minimum atomic E-state index is -0.507. The highest BCUT2D eigenvalue weighted by Crippen LogP contribution is 2.38. The average molecular weight is 349 g/mol. The number of hydrogen-bond donors (Lipinski definition) is 3. The van der Waals surface area contributed by atoms with Crippen molar-refractivity contribution in [3.8, 4) is 11.5 Å². The van der Waals surface area contributed by atoms with Gasteiger partial charge in [-0.25, -0.2) is 0 Å². The molecule has 0 spiro atoms. The number of phenols is 1. The van der Waals surface area contributed by atoms with Crippen molar-refractivity contribution < 1.29 is 14.9 Å². The van der Waals surface area contributed by atoms with Gasteiger partial charge in [0.1, 0.15) is 18.1 Å². The van der Waals surface area contributed by atoms with Gasteiger partial charge in [-0.15, -0.1) is 0 Å². The fraction of sp³-hybridized carbons (Fsp3) is 0.500. The van der Waals surface area contributed by atoms with E-state index in [1.165, 1.54) is 0 Å². The second-order valence-electron chi connectivity index (χ2n) is 4.51. The third kappa shape index (κ3) is 2.66. The minimum Gasteiger partial charge on any atom is -0.508 e. The fourth-order valence-corrected chi connectivity index (χ4v) is 2.88. The SMILES string of the molecule is CC(N)Cc1c(O)cc(I)c2c1CC(O)CO2. The van der Waals surface area contributed by atoms with Crippen LogP contribution in [0.3, 0.4) is 0 Å². The molecule has 1 aliphatic heterocycles. The van der Waals surface area contributed by atoms with E-state index in [0.717, 1.165) is 20.4 Å². The number of phenolic OH excluding ortho intramolecular Hbond substituents is 1. The third-order valence-corrected chi connectivity index (χ3v) is 3.62. The van der Waals surface area contributed by atoms with Crippen LogP contribution in [0.15, 0.2) is 6.07 Å². The molecule has 0 aromatic heterocycles. The fourth-order valence-electron chi connectivity index (χ4n) is 2.10. The summed E-state index contributed by atoms with van der Waals surface area (Å²) in [7, 11) is 0. The van der Waals surface area contributed by atoms with Gasteiger partial charge in [0.2, 0.25) is 0 Å². The van der Waals surface area contributed by atoms with Gasteiger partial charge in [-0.05, 0) is 42.0 Å². The van der Waals surface area contributed by atoms with Crippen LogP contribution in [0.25, 0.3) is 0 Å². The molecule has 2 atom stereocenters. The molecule has 17 heavy (non-hydrogen) atoms. The Morgan fingerprint density at radius 2 is 2.35 bits per heavy atom. The van der Waals surface area contributed by atoms with Gasteiger partial charge in [0, 0.05) is 23.6 Å². The summed E-state index contributed by atoms with van der Waals surface area (Å²) >= 11 is 2.13. The van der Waals surface area contributed by atoms with Gasteiger partial charge in [0.25, 0.3) is 0 Å². The lowest BCUT2D eigenvalue weighted by Crippen LogP contribution is -2.28. The van der Waals surface area contributed by atoms with Gasteiger partial charge in [-0.3, -0.25) is 0 Å². The van der Waals surface area contributed by atoms with Gasteiger partial charge in [-0.1, -0.05) is 0 Å². The lowest BCUT2D eigenvalue weighted by molar-refractivity contribution is 0.0908. The number of ether oxygens (including phenoxy) is 1. The first-order valence-corrected chi connectivity index (χ1v) is 6.66. The predicted molar refractivity (Wildman–Crippen MR) is 73.4 cm³/mol. The zero-order valence-corrected chi connectivity index (χ0v) is 11.8. The van der Waals surface area contributed by atoms with Crippen molar-refractivity contribution in [1.29, 1.82) is 0 Å². The third-order valence-electron chi connectivity index (χ3n) is 2.81. The van der Waals surface area contributed by atoms with E-state index in [0.29, 0.717) is 19.4 Å². The molecule has 0 saturated carbocycles. The molecule has 2 rings (SSSR count). The summed E-state index contributed by atoms with van der Waals surface area (Å²) in [4.78, 5) is 0. The van der Waals surface area contributed by atoms with Gasteiger partial charge < -0.3 is 20.7 Å². The predicted octanol–water partition coefficient (Wildman–Crippen LogP) is 1.18. The van der Waals surface area contributed by atoms with Gasteiger partial charge in [0.15, 0.2) is 0 Å². The minimum absolute atomic E-state index is 0.0378. The maximum atomic E-state index is 9.98. The highest BCUT2D eigenvalue weighted by atomic mass is 127. The number of hydrogen-bond acceptors (Lipinski definition) is 4. The smallest absolute Gasteiger partial charge is 0.136 e. The number of rotatable bonds is 2. The van der Waals surface area contributed by atoms with E-state index in [1.807, 2.05) is 6.92 Å². The molecule has 1 heterocycles. The molecule has 0 radical (unpaired) electrons. The quantitative estimate of drug-likeness (QED) is 0.701. The standard InChI is InChI=1S/C12H16INO3/c1-6(14)2-8-9-3-7(15)5-17-12(9)10(13)4-11(8)16/h4,6-7,15-16H,2-3,5,14H2,1H3. The van der Waals surface area contributed by atoms with E-state index in [2.05, 4.69) is 22.6 Å². The lowest BCUT2D eigenvalue weighted by atomic mass is 9.94. The summed E-state index contributed by atoms with van der Waals surface area (Å²) in [6, 6.07) is 1.65. The molecule has 4 nitrogen and oxygen atoms in total. The van der Waals surface area contributed by atoms with Crippen LogP contribution in [0.1, 0.15) is 18.1 Å². The molecule has 0 fully saturated rings. The van der Waals surface area contributed by atoms with Crippen LogP contribution in [-0.2, 0) is 12.8 Å². The summed E-state index contributed by atoms with van der Waals surface area (Å²) in [5.74, 6) is 1.02. The van der Waals surface area contributed by atoms with Crippen LogP contribution in [0.5, 0.6) is 11.5 Å². The van der Waals surface area contributed by atoms with E-state index in [-0.39, 0.29) is 11.8 Å². The Bertz CT molecular complexity index is 434. The number of nitrogens with two attached hydrogens (primary N) is 1. The second-order valence-corrected chi connectivity index (χ2v) is 5.68. The Morgan fingerprint density at radius 3 is 3.00 bits per heavy atom. The van der Waals surface area contributed by atoms with Crippen molar-refractivity contribution >= 4 is 22.6 Å². The Morgan fingerprint density at radius 1 is 1.65 bits per heavy atom. The molecule has 0 aliphatic carbocycles. The van der Waals surface area contributed by atoms with Crippen molar-refractivity contribution in [2.24, 2.45) is 5.73 Å². The van der Waals surface area contributed by atoms with E-state index in [9.17, 15) is 10.2 Å². The van der Waals surface area contributed by atoms with E-state index >= 15 is 0 Å². The molecule has 5 heteroatoms. The Labute approximate surface area is 114 Å². The van der Waals surface area contributed by atoms with Crippen molar-refractivity contribution in [2.45, 2.75) is 31.9 Å². The molecule has 0 bridgehead atoms. The first kappa shape index (κ1) is 12.9. The number of halogens is 1. The zero-order valence-electron chi connectivity index (χ0n) is 9.61. The van der Waals surface area contributed by atoms with Crippen molar-refractivity contribution in [3.63, 3.8) is 0 Å². The first-order valence-electron chi connectivity index (χ1n) is 5.58. The van der Waals surface area contributed by atoms with Crippen LogP contribution in [-0.4, -0.2) is 29.0 Å². The molecule has 1 aliphatic rings. The molecule has 2 unspecified atom stereocenters. The van der Waals surface area contributed by atoms with Crippen LogP contribution >= 0.6 is 22.6 Å². The highest BCUT2D eigenvalue weighted by Gasteiger charge is 2.25. The Kier molecular flexibility index (Phi) is 3.79. The topological polar surface area (TPSA) is 75.7 Å². The number of aromatic hydroxyl groups is 1. The molecular weight excluding hydrogens is 333 g/mol. The van der Waals surface area contributed by atoms with E-state index in [1.54, 1.807) is 6.07 Å².